The van der Waals surface area contributed by atoms with E-state index in [4.69, 9.17) is 0 Å². The van der Waals surface area contributed by atoms with Crippen LogP contribution in [0, 0.1) is 17.8 Å². The molecule has 7 heteroatoms. The van der Waals surface area contributed by atoms with Crippen molar-refractivity contribution >= 4 is 17.9 Å². The molecule has 0 saturated heterocycles. The zero-order chi connectivity index (χ0) is 30.2. The molecule has 7 nitrogen and oxygen atoms in total. The lowest BCUT2D eigenvalue weighted by Gasteiger charge is -2.42. The van der Waals surface area contributed by atoms with Crippen molar-refractivity contribution in [1.29, 1.82) is 0 Å². The number of aliphatic carboxylic acids is 3. The first-order chi connectivity index (χ1) is 19.0. The summed E-state index contributed by atoms with van der Waals surface area (Å²) in [6.45, 7) is 8.53. The Morgan fingerprint density at radius 2 is 0.675 bits per heavy atom. The molecule has 0 saturated carbocycles. The second kappa shape index (κ2) is 24.0. The van der Waals surface area contributed by atoms with Crippen molar-refractivity contribution < 1.29 is 34.2 Å². The van der Waals surface area contributed by atoms with Gasteiger partial charge in [-0.3, -0.25) is 14.4 Å². The van der Waals surface area contributed by atoms with E-state index >= 15 is 0 Å². The van der Waals surface area contributed by atoms with Gasteiger partial charge in [0.25, 0.3) is 0 Å². The lowest BCUT2D eigenvalue weighted by Crippen LogP contribution is -2.57. The maximum atomic E-state index is 11.6. The Bertz CT molecular complexity index is 612. The first-order valence-electron chi connectivity index (χ1n) is 16.6. The highest BCUT2D eigenvalue weighted by atomic mass is 16.4. The summed E-state index contributed by atoms with van der Waals surface area (Å²) in [6, 6.07) is 0. The smallest absolute Gasteiger partial charge is 0.311 e. The van der Waals surface area contributed by atoms with Crippen LogP contribution in [0.1, 0.15) is 150 Å². The van der Waals surface area contributed by atoms with E-state index in [0.29, 0.717) is 6.54 Å². The molecule has 0 aliphatic heterocycles. The summed E-state index contributed by atoms with van der Waals surface area (Å²) in [7, 11) is 0. The van der Waals surface area contributed by atoms with Gasteiger partial charge in [-0.15, -0.1) is 0 Å². The zero-order valence-corrected chi connectivity index (χ0v) is 26.5. The van der Waals surface area contributed by atoms with E-state index in [1.807, 2.05) is 0 Å². The van der Waals surface area contributed by atoms with Crippen LogP contribution in [0.5, 0.6) is 0 Å². The highest BCUT2D eigenvalue weighted by Gasteiger charge is 2.38. The largest absolute Gasteiger partial charge is 0.481 e. The Hall–Kier alpha value is -1.63. The first kappa shape index (κ1) is 38.4. The standard InChI is InChI=1S/C33H63NO6/c1-5-6-7-8-9-10-11-12-13-14-15-16-17-18-19-20-21-22-23-24-34(25-28(2)31(35)36,26-29(3)32(37)38)27-30(4)33(39)40/h28-30H,5-27H2,1-4H3,(H2-,35,36,37,38,39,40)/p+1. The Labute approximate surface area is 245 Å². The number of carbonyl (C=O) groups is 3. The van der Waals surface area contributed by atoms with Gasteiger partial charge >= 0.3 is 17.9 Å². The third-order valence-corrected chi connectivity index (χ3v) is 8.48. The fourth-order valence-corrected chi connectivity index (χ4v) is 6.00. The van der Waals surface area contributed by atoms with Gasteiger partial charge < -0.3 is 19.8 Å². The Morgan fingerprint density at radius 1 is 0.450 bits per heavy atom. The summed E-state index contributed by atoms with van der Waals surface area (Å²) in [5.74, 6) is -4.78. The van der Waals surface area contributed by atoms with Crippen LogP contribution in [-0.4, -0.2) is 63.9 Å². The number of hydrogen-bond donors (Lipinski definition) is 3. The van der Waals surface area contributed by atoms with E-state index in [1.165, 1.54) is 103 Å². The summed E-state index contributed by atoms with van der Waals surface area (Å²) < 4.78 is 0.230. The monoisotopic (exact) mass is 570 g/mol. The number of carboxylic acids is 3. The molecule has 3 N–H and O–H groups in total. The van der Waals surface area contributed by atoms with Gasteiger partial charge in [-0.05, 0) is 33.6 Å². The van der Waals surface area contributed by atoms with Crippen LogP contribution < -0.4 is 0 Å². The highest BCUT2D eigenvalue weighted by Crippen LogP contribution is 2.22. The molecular formula is C33H64NO6+. The Kier molecular flexibility index (Phi) is 23.0. The molecule has 3 atom stereocenters. The van der Waals surface area contributed by atoms with E-state index in [0.717, 1.165) is 19.3 Å². The summed E-state index contributed by atoms with van der Waals surface area (Å²) in [5.41, 5.74) is 0. The fourth-order valence-electron chi connectivity index (χ4n) is 6.00. The molecule has 236 valence electrons. The molecule has 0 bridgehead atoms. The van der Waals surface area contributed by atoms with Crippen LogP contribution in [0.25, 0.3) is 0 Å². The molecule has 0 amide bonds. The van der Waals surface area contributed by atoms with Gasteiger partial charge in [-0.1, -0.05) is 116 Å². The number of quaternary nitrogens is 1. The quantitative estimate of drug-likeness (QED) is 0.0615. The fraction of sp³-hybridized carbons (Fsp3) is 0.909. The minimum absolute atomic E-state index is 0.230. The van der Waals surface area contributed by atoms with E-state index in [-0.39, 0.29) is 24.1 Å². The molecule has 3 unspecified atom stereocenters. The molecule has 0 heterocycles. The summed E-state index contributed by atoms with van der Waals surface area (Å²) in [5, 5.41) is 28.6. The van der Waals surface area contributed by atoms with E-state index in [2.05, 4.69) is 6.92 Å². The lowest BCUT2D eigenvalue weighted by atomic mass is 10.00. The predicted octanol–water partition coefficient (Wildman–Crippen LogP) is 8.40. The van der Waals surface area contributed by atoms with Gasteiger partial charge in [0.05, 0.1) is 26.2 Å². The third kappa shape index (κ3) is 20.3. The number of hydrogen-bond acceptors (Lipinski definition) is 3. The average Bonchev–Trinajstić information content (AvgIpc) is 2.89. The molecular weight excluding hydrogens is 506 g/mol. The SMILES string of the molecule is CCCCCCCCCCCCCCCCCCCCC[N+](CC(C)C(=O)O)(CC(C)C(=O)O)CC(C)C(=O)O. The number of rotatable bonds is 29. The van der Waals surface area contributed by atoms with Crippen LogP contribution in [0.4, 0.5) is 0 Å². The zero-order valence-electron chi connectivity index (χ0n) is 26.5. The van der Waals surface area contributed by atoms with Crippen LogP contribution in [-0.2, 0) is 14.4 Å². The molecule has 40 heavy (non-hydrogen) atoms. The lowest BCUT2D eigenvalue weighted by molar-refractivity contribution is -0.934. The Balaban J connectivity index is 4.25. The molecule has 0 radical (unpaired) electrons. The van der Waals surface area contributed by atoms with E-state index < -0.39 is 35.7 Å². The van der Waals surface area contributed by atoms with Crippen LogP contribution in [0.2, 0.25) is 0 Å². The van der Waals surface area contributed by atoms with Crippen molar-refractivity contribution in [3.63, 3.8) is 0 Å². The third-order valence-electron chi connectivity index (χ3n) is 8.48. The van der Waals surface area contributed by atoms with Crippen molar-refractivity contribution in [2.45, 2.75) is 150 Å². The van der Waals surface area contributed by atoms with Gasteiger partial charge in [0, 0.05) is 0 Å². The molecule has 0 aliphatic carbocycles. The molecule has 0 aromatic rings. The van der Waals surface area contributed by atoms with Crippen molar-refractivity contribution in [2.75, 3.05) is 26.2 Å². The maximum Gasteiger partial charge on any atom is 0.311 e. The second-order valence-corrected chi connectivity index (χ2v) is 12.7. The minimum atomic E-state index is -0.929. The van der Waals surface area contributed by atoms with E-state index in [9.17, 15) is 29.7 Å². The first-order valence-corrected chi connectivity index (χ1v) is 16.6. The van der Waals surface area contributed by atoms with Gasteiger partial charge in [-0.25, -0.2) is 0 Å². The van der Waals surface area contributed by atoms with Crippen molar-refractivity contribution in [1.82, 2.24) is 0 Å². The topological polar surface area (TPSA) is 112 Å². The molecule has 0 aromatic carbocycles. The maximum absolute atomic E-state index is 11.6. The van der Waals surface area contributed by atoms with Crippen LogP contribution >= 0.6 is 0 Å². The minimum Gasteiger partial charge on any atom is -0.481 e. The molecule has 0 aliphatic rings. The molecule has 0 spiro atoms. The normalized spacial score (nSPS) is 15.3. The van der Waals surface area contributed by atoms with Crippen molar-refractivity contribution in [3.05, 3.63) is 0 Å². The molecule has 0 aromatic heterocycles. The van der Waals surface area contributed by atoms with Gasteiger partial charge in [-0.2, -0.15) is 0 Å². The highest BCUT2D eigenvalue weighted by molar-refractivity contribution is 5.70. The average molecular weight is 571 g/mol. The van der Waals surface area contributed by atoms with Crippen molar-refractivity contribution in [3.8, 4) is 0 Å². The van der Waals surface area contributed by atoms with Gasteiger partial charge in [0.15, 0.2) is 0 Å². The van der Waals surface area contributed by atoms with Crippen molar-refractivity contribution in [2.24, 2.45) is 17.8 Å². The number of unbranched alkanes of at least 4 members (excludes halogenated alkanes) is 18. The Morgan fingerprint density at radius 3 is 0.900 bits per heavy atom. The molecule has 0 fully saturated rings. The van der Waals surface area contributed by atoms with Crippen LogP contribution in [0.3, 0.4) is 0 Å². The van der Waals surface area contributed by atoms with Crippen LogP contribution in [0.15, 0.2) is 0 Å². The second-order valence-electron chi connectivity index (χ2n) is 12.7. The van der Waals surface area contributed by atoms with E-state index in [1.54, 1.807) is 20.8 Å². The van der Waals surface area contributed by atoms with Gasteiger partial charge in [0.1, 0.15) is 17.8 Å². The summed E-state index contributed by atoms with van der Waals surface area (Å²) in [6.07, 6.45) is 24.6. The number of carboxylic acid groups (broad SMARTS) is 3. The predicted molar refractivity (Wildman–Crippen MR) is 164 cm³/mol. The molecule has 0 rings (SSSR count). The van der Waals surface area contributed by atoms with Gasteiger partial charge in [0.2, 0.25) is 0 Å². The summed E-state index contributed by atoms with van der Waals surface area (Å²) in [4.78, 5) is 34.9. The summed E-state index contributed by atoms with van der Waals surface area (Å²) >= 11 is 0. The number of nitrogens with zero attached hydrogens (tertiary/aromatic N) is 1.